The largest absolute Gasteiger partial charge is 0.368 e. The fourth-order valence-corrected chi connectivity index (χ4v) is 3.64. The number of halogens is 2. The molecular weight excluding hydrogens is 267 g/mol. The van der Waals surface area contributed by atoms with Gasteiger partial charge in [-0.1, -0.05) is 30.7 Å². The van der Waals surface area contributed by atoms with E-state index < -0.39 is 0 Å². The average Bonchev–Trinajstić information content (AvgIpc) is 2.94. The lowest BCUT2D eigenvalue weighted by atomic mass is 9.90. The second kappa shape index (κ2) is 4.18. The number of nitrogens with one attached hydrogen (secondary N) is 1. The van der Waals surface area contributed by atoms with Gasteiger partial charge in [-0.05, 0) is 30.4 Å². The number of benzene rings is 1. The molecule has 102 valence electrons. The number of primary amides is 1. The molecule has 1 aliphatic carbocycles. The van der Waals surface area contributed by atoms with E-state index in [1.807, 2.05) is 6.92 Å². The number of nitrogens with two attached hydrogens (primary N) is 1. The highest BCUT2D eigenvalue weighted by atomic mass is 35.5. The third-order valence-corrected chi connectivity index (χ3v) is 4.97. The zero-order valence-corrected chi connectivity index (χ0v) is 11.4. The smallest absolute Gasteiger partial charge is 0.234 e. The minimum atomic E-state index is -0.360. The van der Waals surface area contributed by atoms with Gasteiger partial charge in [0.2, 0.25) is 5.91 Å². The predicted octanol–water partition coefficient (Wildman–Crippen LogP) is 2.19. The van der Waals surface area contributed by atoms with Crippen LogP contribution in [0.3, 0.4) is 0 Å². The van der Waals surface area contributed by atoms with Crippen LogP contribution in [-0.4, -0.2) is 17.5 Å². The maximum Gasteiger partial charge on any atom is 0.234 e. The van der Waals surface area contributed by atoms with Crippen LogP contribution in [0.1, 0.15) is 31.2 Å². The summed E-state index contributed by atoms with van der Waals surface area (Å²) in [5, 5.41) is 3.44. The van der Waals surface area contributed by atoms with E-state index in [0.29, 0.717) is 11.5 Å². The normalized spacial score (nSPS) is 33.8. The molecule has 1 heterocycles. The predicted molar refractivity (Wildman–Crippen MR) is 71.4 cm³/mol. The summed E-state index contributed by atoms with van der Waals surface area (Å²) in [5.41, 5.74) is 5.75. The first kappa shape index (κ1) is 12.9. The zero-order chi connectivity index (χ0) is 13.8. The first-order valence-electron chi connectivity index (χ1n) is 6.46. The summed E-state index contributed by atoms with van der Waals surface area (Å²) in [7, 11) is 0. The summed E-state index contributed by atoms with van der Waals surface area (Å²) in [6, 6.07) is 4.77. The lowest BCUT2D eigenvalue weighted by Crippen LogP contribution is -2.45. The summed E-state index contributed by atoms with van der Waals surface area (Å²) in [4.78, 5) is 11.3. The van der Waals surface area contributed by atoms with Gasteiger partial charge in [0.05, 0.1) is 11.1 Å². The topological polar surface area (TPSA) is 55.1 Å². The third-order valence-electron chi connectivity index (χ3n) is 4.68. The number of hydrogen-bond donors (Lipinski definition) is 2. The Hall–Kier alpha value is -1.13. The zero-order valence-electron chi connectivity index (χ0n) is 10.6. The lowest BCUT2D eigenvalue weighted by Gasteiger charge is -2.25. The van der Waals surface area contributed by atoms with E-state index in [2.05, 4.69) is 5.32 Å². The Labute approximate surface area is 116 Å². The van der Waals surface area contributed by atoms with Crippen LogP contribution in [-0.2, 0) is 4.79 Å². The first-order chi connectivity index (χ1) is 8.95. The standard InChI is InChI=1S/C14H16ClFN2O/c1-7(9-3-2-4-10(15)12(9)16)14-6-8(14)5-11(18-14)13(17)19/h2-4,7-8,11,18H,5-6H2,1H3,(H2,17,19)/t7-,8?,11?,14?/m0/s1. The van der Waals surface area contributed by atoms with Crippen molar-refractivity contribution < 1.29 is 9.18 Å². The fraction of sp³-hybridized carbons (Fsp3) is 0.500. The van der Waals surface area contributed by atoms with Crippen LogP contribution in [0.2, 0.25) is 5.02 Å². The van der Waals surface area contributed by atoms with Crippen LogP contribution in [0.4, 0.5) is 4.39 Å². The Morgan fingerprint density at radius 1 is 1.63 bits per heavy atom. The maximum absolute atomic E-state index is 14.1. The molecule has 19 heavy (non-hydrogen) atoms. The second-order valence-electron chi connectivity index (χ2n) is 5.64. The molecule has 1 aliphatic heterocycles. The van der Waals surface area contributed by atoms with Gasteiger partial charge in [0, 0.05) is 11.5 Å². The Kier molecular flexibility index (Phi) is 2.84. The number of amides is 1. The van der Waals surface area contributed by atoms with Crippen LogP contribution < -0.4 is 11.1 Å². The molecule has 4 atom stereocenters. The van der Waals surface area contributed by atoms with E-state index in [0.717, 1.165) is 12.8 Å². The summed E-state index contributed by atoms with van der Waals surface area (Å²) in [6.45, 7) is 1.98. The average molecular weight is 283 g/mol. The van der Waals surface area contributed by atoms with E-state index in [1.165, 1.54) is 0 Å². The van der Waals surface area contributed by atoms with Gasteiger partial charge in [-0.2, -0.15) is 0 Å². The van der Waals surface area contributed by atoms with Gasteiger partial charge in [-0.15, -0.1) is 0 Å². The molecule has 1 amide bonds. The van der Waals surface area contributed by atoms with E-state index in [1.54, 1.807) is 18.2 Å². The van der Waals surface area contributed by atoms with Crippen molar-refractivity contribution in [2.24, 2.45) is 11.7 Å². The maximum atomic E-state index is 14.1. The van der Waals surface area contributed by atoms with Crippen molar-refractivity contribution >= 4 is 17.5 Å². The molecule has 3 rings (SSSR count). The highest BCUT2D eigenvalue weighted by molar-refractivity contribution is 6.30. The third kappa shape index (κ3) is 1.85. The molecule has 1 aromatic rings. The molecule has 3 N–H and O–H groups in total. The Morgan fingerprint density at radius 3 is 3.00 bits per heavy atom. The van der Waals surface area contributed by atoms with E-state index in [4.69, 9.17) is 17.3 Å². The lowest BCUT2D eigenvalue weighted by molar-refractivity contribution is -0.120. The summed E-state index contributed by atoms with van der Waals surface area (Å²) in [6.07, 6.45) is 1.71. The minimum Gasteiger partial charge on any atom is -0.368 e. The summed E-state index contributed by atoms with van der Waals surface area (Å²) in [5.74, 6) is -0.315. The molecule has 1 saturated carbocycles. The van der Waals surface area contributed by atoms with Crippen LogP contribution in [0, 0.1) is 11.7 Å². The van der Waals surface area contributed by atoms with Crippen LogP contribution >= 0.6 is 11.6 Å². The van der Waals surface area contributed by atoms with Gasteiger partial charge in [0.15, 0.2) is 0 Å². The van der Waals surface area contributed by atoms with Gasteiger partial charge in [-0.3, -0.25) is 10.1 Å². The number of hydrogen-bond acceptors (Lipinski definition) is 2. The fourth-order valence-electron chi connectivity index (χ4n) is 3.46. The summed E-state index contributed by atoms with van der Waals surface area (Å²) < 4.78 is 14.1. The molecule has 1 aromatic carbocycles. The summed E-state index contributed by atoms with van der Waals surface area (Å²) >= 11 is 5.83. The minimum absolute atomic E-state index is 0.0273. The van der Waals surface area contributed by atoms with Crippen LogP contribution in [0.15, 0.2) is 18.2 Å². The van der Waals surface area contributed by atoms with Crippen LogP contribution in [0.5, 0.6) is 0 Å². The van der Waals surface area contributed by atoms with Crippen molar-refractivity contribution in [3.05, 3.63) is 34.6 Å². The van der Waals surface area contributed by atoms with Crippen molar-refractivity contribution in [2.45, 2.75) is 37.3 Å². The quantitative estimate of drug-likeness (QED) is 0.893. The van der Waals surface area contributed by atoms with Gasteiger partial charge < -0.3 is 5.73 Å². The molecule has 5 heteroatoms. The van der Waals surface area contributed by atoms with Crippen molar-refractivity contribution in [3.8, 4) is 0 Å². The molecule has 2 fully saturated rings. The number of rotatable bonds is 3. The number of fused-ring (bicyclic) bond motifs is 1. The number of carbonyl (C=O) groups is 1. The molecule has 0 radical (unpaired) electrons. The Balaban J connectivity index is 1.88. The molecule has 0 bridgehead atoms. The molecular formula is C14H16ClFN2O. The number of carbonyl (C=O) groups excluding carboxylic acids is 1. The van der Waals surface area contributed by atoms with Gasteiger partial charge in [-0.25, -0.2) is 4.39 Å². The Bertz CT molecular complexity index is 550. The van der Waals surface area contributed by atoms with E-state index in [9.17, 15) is 9.18 Å². The van der Waals surface area contributed by atoms with Crippen molar-refractivity contribution in [1.29, 1.82) is 0 Å². The highest BCUT2D eigenvalue weighted by Gasteiger charge is 2.64. The van der Waals surface area contributed by atoms with Crippen molar-refractivity contribution in [1.82, 2.24) is 5.32 Å². The van der Waals surface area contributed by atoms with Gasteiger partial charge in [0.25, 0.3) is 0 Å². The molecule has 3 nitrogen and oxygen atoms in total. The van der Waals surface area contributed by atoms with Gasteiger partial charge in [0.1, 0.15) is 5.82 Å². The van der Waals surface area contributed by atoms with Crippen molar-refractivity contribution in [2.75, 3.05) is 0 Å². The van der Waals surface area contributed by atoms with Crippen LogP contribution in [0.25, 0.3) is 0 Å². The molecule has 3 unspecified atom stereocenters. The van der Waals surface area contributed by atoms with E-state index >= 15 is 0 Å². The first-order valence-corrected chi connectivity index (χ1v) is 6.84. The SMILES string of the molecule is C[C@@H](c1cccc(Cl)c1F)C12CC1CC(C(N)=O)N2. The molecule has 0 spiro atoms. The highest BCUT2D eigenvalue weighted by Crippen LogP contribution is 2.59. The van der Waals surface area contributed by atoms with Gasteiger partial charge >= 0.3 is 0 Å². The molecule has 1 saturated heterocycles. The molecule has 0 aromatic heterocycles. The molecule has 2 aliphatic rings. The van der Waals surface area contributed by atoms with E-state index in [-0.39, 0.29) is 34.2 Å². The number of piperidine rings is 1. The monoisotopic (exact) mass is 282 g/mol. The Morgan fingerprint density at radius 2 is 2.37 bits per heavy atom. The second-order valence-corrected chi connectivity index (χ2v) is 6.05. The van der Waals surface area contributed by atoms with Crippen molar-refractivity contribution in [3.63, 3.8) is 0 Å².